The van der Waals surface area contributed by atoms with Crippen LogP contribution in [0.5, 0.6) is 11.5 Å². The molecule has 1 heterocycles. The number of hydrogen-bond donors (Lipinski definition) is 0. The number of methoxy groups -OCH3 is 1. The van der Waals surface area contributed by atoms with Gasteiger partial charge in [0.1, 0.15) is 17.6 Å². The van der Waals surface area contributed by atoms with Gasteiger partial charge in [0.05, 0.1) is 7.11 Å². The van der Waals surface area contributed by atoms with E-state index in [4.69, 9.17) is 9.47 Å². The minimum Gasteiger partial charge on any atom is -0.497 e. The molecular weight excluding hydrogens is 236 g/mol. The molecule has 0 N–H and O–H groups in total. The lowest BCUT2D eigenvalue weighted by Gasteiger charge is -2.27. The molecule has 4 rings (SSSR count). The Balaban J connectivity index is 1.80. The molecule has 0 fully saturated rings. The minimum absolute atomic E-state index is 0.187. The summed E-state index contributed by atoms with van der Waals surface area (Å²) in [7, 11) is 1.71. The summed E-state index contributed by atoms with van der Waals surface area (Å²) in [6.07, 6.45) is 2.48. The lowest BCUT2D eigenvalue weighted by atomic mass is 9.79. The lowest BCUT2D eigenvalue weighted by Crippen LogP contribution is -2.18. The molecule has 0 unspecified atom stereocenters. The fourth-order valence-electron chi connectivity index (χ4n) is 3.37. The van der Waals surface area contributed by atoms with Crippen molar-refractivity contribution in [3.8, 4) is 11.5 Å². The zero-order valence-corrected chi connectivity index (χ0v) is 10.9. The van der Waals surface area contributed by atoms with E-state index in [9.17, 15) is 0 Å². The number of ether oxygens (including phenoxy) is 2. The molecule has 2 nitrogen and oxygen atoms in total. The predicted molar refractivity (Wildman–Crippen MR) is 73.9 cm³/mol. The van der Waals surface area contributed by atoms with Gasteiger partial charge in [0.15, 0.2) is 0 Å². The second kappa shape index (κ2) is 4.02. The standard InChI is InChI=1S/C17H16O2/c1-18-12-7-9-16-15(10-12)14-8-6-11-4-2-3-5-13(11)17(14)19-16/h2-5,7,9-10,14,17H,6,8H2,1H3/t14-,17-/m1/s1. The highest BCUT2D eigenvalue weighted by Crippen LogP contribution is 2.52. The highest BCUT2D eigenvalue weighted by Gasteiger charge is 2.39. The molecule has 0 aromatic heterocycles. The van der Waals surface area contributed by atoms with Crippen molar-refractivity contribution in [2.24, 2.45) is 0 Å². The van der Waals surface area contributed by atoms with E-state index in [-0.39, 0.29) is 6.10 Å². The Kier molecular flexibility index (Phi) is 2.31. The van der Waals surface area contributed by atoms with Gasteiger partial charge in [-0.05, 0) is 42.2 Å². The van der Waals surface area contributed by atoms with Gasteiger partial charge in [-0.1, -0.05) is 24.3 Å². The molecule has 0 radical (unpaired) electrons. The van der Waals surface area contributed by atoms with Gasteiger partial charge in [-0.15, -0.1) is 0 Å². The summed E-state index contributed by atoms with van der Waals surface area (Å²) in [5.74, 6) is 2.41. The van der Waals surface area contributed by atoms with E-state index >= 15 is 0 Å². The van der Waals surface area contributed by atoms with Crippen molar-refractivity contribution in [3.63, 3.8) is 0 Å². The van der Waals surface area contributed by atoms with Crippen LogP contribution in [0.3, 0.4) is 0 Å². The first-order valence-electron chi connectivity index (χ1n) is 6.79. The molecular formula is C17H16O2. The first kappa shape index (κ1) is 10.9. The molecule has 0 saturated carbocycles. The van der Waals surface area contributed by atoms with Gasteiger partial charge in [0.2, 0.25) is 0 Å². The van der Waals surface area contributed by atoms with Crippen LogP contribution in [0, 0.1) is 0 Å². The van der Waals surface area contributed by atoms with Crippen LogP contribution in [0.25, 0.3) is 0 Å². The maximum absolute atomic E-state index is 6.18. The molecule has 0 spiro atoms. The van der Waals surface area contributed by atoms with Crippen LogP contribution >= 0.6 is 0 Å². The van der Waals surface area contributed by atoms with Crippen molar-refractivity contribution in [1.82, 2.24) is 0 Å². The molecule has 2 aromatic carbocycles. The minimum atomic E-state index is 0.187. The maximum atomic E-state index is 6.18. The number of aryl methyl sites for hydroxylation is 1. The van der Waals surface area contributed by atoms with Gasteiger partial charge in [-0.25, -0.2) is 0 Å². The van der Waals surface area contributed by atoms with Crippen LogP contribution < -0.4 is 9.47 Å². The van der Waals surface area contributed by atoms with E-state index in [0.717, 1.165) is 24.3 Å². The average Bonchev–Trinajstić information content (AvgIpc) is 2.85. The molecule has 1 aliphatic heterocycles. The fraction of sp³-hybridized carbons (Fsp3) is 0.294. The third-order valence-corrected chi connectivity index (χ3v) is 4.32. The van der Waals surface area contributed by atoms with Crippen LogP contribution in [0.1, 0.15) is 35.1 Å². The van der Waals surface area contributed by atoms with Crippen molar-refractivity contribution in [2.75, 3.05) is 7.11 Å². The van der Waals surface area contributed by atoms with E-state index in [2.05, 4.69) is 30.3 Å². The number of fused-ring (bicyclic) bond motifs is 5. The summed E-state index contributed by atoms with van der Waals surface area (Å²) in [6, 6.07) is 14.8. The summed E-state index contributed by atoms with van der Waals surface area (Å²) >= 11 is 0. The van der Waals surface area contributed by atoms with E-state index in [1.807, 2.05) is 12.1 Å². The van der Waals surface area contributed by atoms with E-state index in [1.54, 1.807) is 7.11 Å². The Hall–Kier alpha value is -1.96. The van der Waals surface area contributed by atoms with Crippen LogP contribution in [0.4, 0.5) is 0 Å². The zero-order valence-electron chi connectivity index (χ0n) is 10.9. The average molecular weight is 252 g/mol. The van der Waals surface area contributed by atoms with Crippen LogP contribution in [-0.4, -0.2) is 7.11 Å². The summed E-state index contributed by atoms with van der Waals surface area (Å²) in [5, 5.41) is 0. The number of rotatable bonds is 1. The van der Waals surface area contributed by atoms with Gasteiger partial charge < -0.3 is 9.47 Å². The topological polar surface area (TPSA) is 18.5 Å². The first-order chi connectivity index (χ1) is 9.36. The quantitative estimate of drug-likeness (QED) is 0.767. The normalized spacial score (nSPS) is 23.0. The van der Waals surface area contributed by atoms with Gasteiger partial charge >= 0.3 is 0 Å². The molecule has 2 aromatic rings. The Bertz CT molecular complexity index is 633. The highest BCUT2D eigenvalue weighted by molar-refractivity contribution is 5.49. The van der Waals surface area contributed by atoms with E-state index in [0.29, 0.717) is 5.92 Å². The van der Waals surface area contributed by atoms with Gasteiger partial charge in [0, 0.05) is 11.5 Å². The Morgan fingerprint density at radius 2 is 2.00 bits per heavy atom. The Labute approximate surface area is 113 Å². The highest BCUT2D eigenvalue weighted by atomic mass is 16.5. The molecule has 0 bridgehead atoms. The number of benzene rings is 2. The summed E-state index contributed by atoms with van der Waals surface area (Å²) in [6.45, 7) is 0. The van der Waals surface area contributed by atoms with Crippen molar-refractivity contribution in [2.45, 2.75) is 24.9 Å². The van der Waals surface area contributed by atoms with Crippen molar-refractivity contribution >= 4 is 0 Å². The predicted octanol–water partition coefficient (Wildman–Crippen LogP) is 3.86. The monoisotopic (exact) mass is 252 g/mol. The second-order valence-electron chi connectivity index (χ2n) is 5.29. The van der Waals surface area contributed by atoms with Crippen LogP contribution in [0.2, 0.25) is 0 Å². The molecule has 0 amide bonds. The van der Waals surface area contributed by atoms with Gasteiger partial charge in [0.25, 0.3) is 0 Å². The number of hydrogen-bond acceptors (Lipinski definition) is 2. The smallest absolute Gasteiger partial charge is 0.131 e. The van der Waals surface area contributed by atoms with Crippen molar-refractivity contribution < 1.29 is 9.47 Å². The largest absolute Gasteiger partial charge is 0.497 e. The summed E-state index contributed by atoms with van der Waals surface area (Å²) in [4.78, 5) is 0. The fourth-order valence-corrected chi connectivity index (χ4v) is 3.37. The molecule has 96 valence electrons. The summed E-state index contributed by atoms with van der Waals surface area (Å²) in [5.41, 5.74) is 4.09. The van der Waals surface area contributed by atoms with Crippen LogP contribution in [-0.2, 0) is 6.42 Å². The SMILES string of the molecule is COc1ccc2c(c1)[C@H]1CCc3ccccc3[C@H]1O2. The lowest BCUT2D eigenvalue weighted by molar-refractivity contribution is 0.195. The van der Waals surface area contributed by atoms with E-state index in [1.165, 1.54) is 16.7 Å². The van der Waals surface area contributed by atoms with Crippen molar-refractivity contribution in [3.05, 3.63) is 59.2 Å². The molecule has 0 saturated heterocycles. The zero-order chi connectivity index (χ0) is 12.8. The van der Waals surface area contributed by atoms with Crippen molar-refractivity contribution in [1.29, 1.82) is 0 Å². The third-order valence-electron chi connectivity index (χ3n) is 4.32. The second-order valence-corrected chi connectivity index (χ2v) is 5.29. The van der Waals surface area contributed by atoms with E-state index < -0.39 is 0 Å². The maximum Gasteiger partial charge on any atom is 0.131 e. The molecule has 19 heavy (non-hydrogen) atoms. The third kappa shape index (κ3) is 1.56. The van der Waals surface area contributed by atoms with Crippen LogP contribution in [0.15, 0.2) is 42.5 Å². The van der Waals surface area contributed by atoms with Gasteiger partial charge in [-0.2, -0.15) is 0 Å². The summed E-state index contributed by atoms with van der Waals surface area (Å²) < 4.78 is 11.5. The molecule has 2 atom stereocenters. The molecule has 1 aliphatic carbocycles. The molecule has 2 heteroatoms. The molecule has 2 aliphatic rings. The first-order valence-corrected chi connectivity index (χ1v) is 6.79. The van der Waals surface area contributed by atoms with Gasteiger partial charge in [-0.3, -0.25) is 0 Å². The Morgan fingerprint density at radius 1 is 1.11 bits per heavy atom. The Morgan fingerprint density at radius 3 is 2.89 bits per heavy atom.